The standard InChI is InChI=1S/C54H57N7O7S/c1-3-47(62)57-30-34-9-11-35(12-10-34)51(63)60-45-6-4-5-7-46(45)68-43-21-19-42(20-22-43)67-27-26-66-25-24-56-52(64)48-38-13-14-39(48)32-61(31-38)41-18-16-36-28-40(17-15-37(36)29-41)59-53(65)50-49(55)44-23-8-33(2)58-54(44)69-50/h3-12,16,18-23,29,38-40,48H,1,13-15,17,24-28,30-32,55H2,2H3,(H,56,64)(H,57,62)(H,59,65)(H,60,63)/t38-,39+,40-,48?/m0/s1. The summed E-state index contributed by atoms with van der Waals surface area (Å²) in [5.74, 6) is 1.77. The number of anilines is 3. The number of ether oxygens (including phenoxy) is 3. The summed E-state index contributed by atoms with van der Waals surface area (Å²) >= 11 is 1.35. The predicted molar refractivity (Wildman–Crippen MR) is 269 cm³/mol. The lowest BCUT2D eigenvalue weighted by Gasteiger charge is -2.39. The molecule has 9 rings (SSSR count). The number of hydrogen-bond donors (Lipinski definition) is 5. The fourth-order valence-electron chi connectivity index (χ4n) is 9.74. The Hall–Kier alpha value is -7.23. The first kappa shape index (κ1) is 46.9. The van der Waals surface area contributed by atoms with Crippen LogP contribution in [0.2, 0.25) is 0 Å². The third-order valence-electron chi connectivity index (χ3n) is 13.3. The number of aromatic nitrogens is 1. The summed E-state index contributed by atoms with van der Waals surface area (Å²) in [6.45, 7) is 8.99. The molecule has 1 saturated heterocycles. The van der Waals surface area contributed by atoms with Crippen LogP contribution in [0, 0.1) is 24.7 Å². The van der Waals surface area contributed by atoms with Crippen molar-refractivity contribution in [3.05, 3.63) is 149 Å². The van der Waals surface area contributed by atoms with E-state index < -0.39 is 0 Å². The summed E-state index contributed by atoms with van der Waals surface area (Å²) in [6, 6.07) is 32.0. The molecule has 6 aromatic rings. The van der Waals surface area contributed by atoms with Gasteiger partial charge >= 0.3 is 0 Å². The number of amides is 4. The van der Waals surface area contributed by atoms with Crippen molar-refractivity contribution in [2.75, 3.05) is 55.4 Å². The van der Waals surface area contributed by atoms with Crippen molar-refractivity contribution in [2.24, 2.45) is 17.8 Å². The second-order valence-corrected chi connectivity index (χ2v) is 18.9. The van der Waals surface area contributed by atoms with Crippen molar-refractivity contribution in [3.8, 4) is 17.2 Å². The van der Waals surface area contributed by atoms with E-state index in [1.54, 1.807) is 48.5 Å². The van der Waals surface area contributed by atoms with Gasteiger partial charge in [0.2, 0.25) is 11.8 Å². The van der Waals surface area contributed by atoms with Gasteiger partial charge in [0.25, 0.3) is 11.8 Å². The van der Waals surface area contributed by atoms with Crippen LogP contribution >= 0.6 is 11.3 Å². The minimum atomic E-state index is -0.294. The lowest BCUT2D eigenvalue weighted by molar-refractivity contribution is -0.128. The summed E-state index contributed by atoms with van der Waals surface area (Å²) in [5, 5.41) is 12.9. The lowest BCUT2D eigenvalue weighted by atomic mass is 9.83. The molecule has 0 spiro atoms. The molecule has 14 nitrogen and oxygen atoms in total. The molecule has 1 aliphatic heterocycles. The van der Waals surface area contributed by atoms with Crippen LogP contribution < -0.4 is 41.4 Å². The summed E-state index contributed by atoms with van der Waals surface area (Å²) in [4.78, 5) is 59.6. The van der Waals surface area contributed by atoms with Gasteiger partial charge in [-0.2, -0.15) is 0 Å². The highest BCUT2D eigenvalue weighted by Gasteiger charge is 2.46. The second kappa shape index (κ2) is 21.4. The van der Waals surface area contributed by atoms with Crippen LogP contribution in [0.4, 0.5) is 17.1 Å². The van der Waals surface area contributed by atoms with E-state index in [0.717, 1.165) is 66.7 Å². The van der Waals surface area contributed by atoms with Crippen LogP contribution in [0.15, 0.2) is 116 Å². The van der Waals surface area contributed by atoms with Crippen LogP contribution in [0.1, 0.15) is 61.7 Å². The van der Waals surface area contributed by atoms with E-state index in [1.165, 1.54) is 34.2 Å². The molecule has 1 unspecified atom stereocenters. The van der Waals surface area contributed by atoms with Gasteiger partial charge in [0.15, 0.2) is 5.75 Å². The molecule has 2 bridgehead atoms. The molecule has 4 amide bonds. The lowest BCUT2D eigenvalue weighted by Crippen LogP contribution is -2.48. The minimum absolute atomic E-state index is 0.00915. The Morgan fingerprint density at radius 1 is 0.841 bits per heavy atom. The van der Waals surface area contributed by atoms with E-state index in [0.29, 0.717) is 83.8 Å². The van der Waals surface area contributed by atoms with Crippen LogP contribution in [-0.4, -0.2) is 74.1 Å². The number of hydrogen-bond acceptors (Lipinski definition) is 11. The van der Waals surface area contributed by atoms with Gasteiger partial charge in [0.1, 0.15) is 27.8 Å². The Morgan fingerprint density at radius 3 is 2.39 bits per heavy atom. The van der Waals surface area contributed by atoms with Crippen LogP contribution in [-0.2, 0) is 33.7 Å². The van der Waals surface area contributed by atoms with Gasteiger partial charge in [-0.3, -0.25) is 19.2 Å². The van der Waals surface area contributed by atoms with Gasteiger partial charge in [0.05, 0.1) is 24.6 Å². The number of pyridine rings is 1. The van der Waals surface area contributed by atoms with E-state index >= 15 is 0 Å². The van der Waals surface area contributed by atoms with Crippen molar-refractivity contribution in [2.45, 2.75) is 51.6 Å². The summed E-state index contributed by atoms with van der Waals surface area (Å²) in [6.07, 6.45) is 5.85. The summed E-state index contributed by atoms with van der Waals surface area (Å²) < 4.78 is 17.8. The normalized spacial score (nSPS) is 18.2. The molecule has 4 aromatic carbocycles. The summed E-state index contributed by atoms with van der Waals surface area (Å²) in [7, 11) is 0. The molecule has 3 heterocycles. The van der Waals surface area contributed by atoms with Crippen LogP contribution in [0.5, 0.6) is 17.2 Å². The van der Waals surface area contributed by atoms with E-state index in [4.69, 9.17) is 19.9 Å². The van der Waals surface area contributed by atoms with E-state index in [2.05, 4.69) is 55.9 Å². The molecular formula is C54H57N7O7S. The van der Waals surface area contributed by atoms with Crippen molar-refractivity contribution in [1.82, 2.24) is 20.9 Å². The third kappa shape index (κ3) is 11.2. The molecule has 356 valence electrons. The first-order valence-electron chi connectivity index (χ1n) is 23.6. The largest absolute Gasteiger partial charge is 0.491 e. The highest BCUT2D eigenvalue weighted by molar-refractivity contribution is 7.21. The maximum atomic E-state index is 13.5. The number of aryl methyl sites for hydroxylation is 2. The van der Waals surface area contributed by atoms with Crippen LogP contribution in [0.25, 0.3) is 10.2 Å². The molecule has 0 radical (unpaired) electrons. The van der Waals surface area contributed by atoms with E-state index in [9.17, 15) is 19.2 Å². The predicted octanol–water partition coefficient (Wildman–Crippen LogP) is 8.00. The molecular weight excluding hydrogens is 891 g/mol. The number of rotatable bonds is 18. The zero-order valence-electron chi connectivity index (χ0n) is 38.6. The minimum Gasteiger partial charge on any atom is -0.491 e. The third-order valence-corrected chi connectivity index (χ3v) is 14.4. The quantitative estimate of drug-likeness (QED) is 0.0418. The number of nitrogens with zero attached hydrogens (tertiary/aromatic N) is 2. The van der Waals surface area contributed by atoms with E-state index in [-0.39, 0.29) is 35.6 Å². The number of thiophene rings is 1. The Morgan fingerprint density at radius 2 is 1.61 bits per heavy atom. The molecule has 6 N–H and O–H groups in total. The molecule has 3 aliphatic rings. The van der Waals surface area contributed by atoms with Crippen molar-refractivity contribution in [3.63, 3.8) is 0 Å². The maximum absolute atomic E-state index is 13.5. The van der Waals surface area contributed by atoms with Gasteiger partial charge in [-0.25, -0.2) is 4.98 Å². The van der Waals surface area contributed by atoms with E-state index in [1.807, 2.05) is 43.3 Å². The number of piperidine rings is 1. The molecule has 1 saturated carbocycles. The van der Waals surface area contributed by atoms with Gasteiger partial charge in [0, 0.05) is 60.5 Å². The molecule has 15 heteroatoms. The van der Waals surface area contributed by atoms with Crippen molar-refractivity contribution < 1.29 is 33.4 Å². The number of carbonyl (C=O) groups excluding carboxylic acids is 4. The Bertz CT molecular complexity index is 2840. The topological polar surface area (TPSA) is 186 Å². The highest BCUT2D eigenvalue weighted by Crippen LogP contribution is 2.44. The average molecular weight is 948 g/mol. The van der Waals surface area contributed by atoms with Crippen molar-refractivity contribution >= 4 is 62.2 Å². The van der Waals surface area contributed by atoms with Gasteiger partial charge < -0.3 is 46.1 Å². The second-order valence-electron chi connectivity index (χ2n) is 17.9. The Kier molecular flexibility index (Phi) is 14.5. The highest BCUT2D eigenvalue weighted by atomic mass is 32.1. The molecule has 4 atom stereocenters. The molecule has 2 fully saturated rings. The Labute approximate surface area is 405 Å². The zero-order valence-corrected chi connectivity index (χ0v) is 39.4. The smallest absolute Gasteiger partial charge is 0.263 e. The van der Waals surface area contributed by atoms with Gasteiger partial charge in [-0.1, -0.05) is 36.9 Å². The number of carbonyl (C=O) groups is 4. The molecule has 2 aliphatic carbocycles. The molecule has 2 aromatic heterocycles. The number of fused-ring (bicyclic) bond motifs is 4. The maximum Gasteiger partial charge on any atom is 0.263 e. The van der Waals surface area contributed by atoms with Gasteiger partial charge in [-0.05, 0) is 146 Å². The summed E-state index contributed by atoms with van der Waals surface area (Å²) in [5.41, 5.74) is 13.4. The Balaban J connectivity index is 0.667. The number of para-hydroxylation sites is 2. The molecule has 69 heavy (non-hydrogen) atoms. The fraction of sp³-hybridized carbons (Fsp3) is 0.315. The van der Waals surface area contributed by atoms with Crippen molar-refractivity contribution in [1.29, 1.82) is 0 Å². The monoisotopic (exact) mass is 947 g/mol. The number of nitrogens with one attached hydrogen (secondary N) is 4. The number of nitrogen functional groups attached to an aromatic ring is 1. The first-order valence-corrected chi connectivity index (χ1v) is 24.4. The SMILES string of the molecule is C=CC(=O)NCc1ccc(C(=O)Nc2ccccc2Oc2ccc(OCCOCCNC(=O)C3[C@@H]4CC[C@H]3CN(c3ccc5c(c3)CC[C@H](NC(=O)c3sc6nc(C)ccc6c3N)C5)C4)cc2)cc1. The van der Waals surface area contributed by atoms with Gasteiger partial charge in [-0.15, -0.1) is 11.3 Å². The van der Waals surface area contributed by atoms with Crippen LogP contribution in [0.3, 0.4) is 0 Å². The average Bonchev–Trinajstić information content (AvgIpc) is 3.84. The fourth-order valence-corrected chi connectivity index (χ4v) is 10.8. The number of nitrogens with two attached hydrogens (primary N) is 1. The zero-order chi connectivity index (χ0) is 47.9. The first-order chi connectivity index (χ1) is 33.6. The number of benzene rings is 4.